The van der Waals surface area contributed by atoms with Gasteiger partial charge in [0.1, 0.15) is 0 Å². The smallest absolute Gasteiger partial charge is 0.305 e. The molecule has 0 aliphatic carbocycles. The second-order valence-electron chi connectivity index (χ2n) is 12.4. The molecule has 0 aromatic carbocycles. The van der Waals surface area contributed by atoms with Gasteiger partial charge in [0.2, 0.25) is 0 Å². The van der Waals surface area contributed by atoms with E-state index in [-0.39, 0.29) is 11.9 Å². The molecule has 238 valence electrons. The fraction of sp³-hybridized carbons (Fsp3) is 0.944. The van der Waals surface area contributed by atoms with Crippen LogP contribution in [0, 0.1) is 5.92 Å². The van der Waals surface area contributed by atoms with Crippen molar-refractivity contribution in [3.63, 3.8) is 0 Å². The minimum Gasteiger partial charge on any atom is -0.466 e. The normalized spacial score (nSPS) is 11.3. The highest BCUT2D eigenvalue weighted by Gasteiger charge is 2.05. The number of rotatable bonds is 32. The first kappa shape index (κ1) is 38.9. The average molecular weight is 567 g/mol. The Bertz CT molecular complexity index is 487. The molecule has 0 saturated carbocycles. The van der Waals surface area contributed by atoms with Crippen LogP contribution in [0.5, 0.6) is 0 Å². The summed E-state index contributed by atoms with van der Waals surface area (Å²) >= 11 is 0. The number of hydrogen-bond donors (Lipinski definition) is 0. The highest BCUT2D eigenvalue weighted by atomic mass is 16.5. The van der Waals surface area contributed by atoms with Crippen LogP contribution in [0.2, 0.25) is 0 Å². The van der Waals surface area contributed by atoms with Crippen molar-refractivity contribution in [1.29, 1.82) is 0 Å². The Balaban J connectivity index is 3.31. The number of esters is 2. The van der Waals surface area contributed by atoms with E-state index in [9.17, 15) is 9.59 Å². The van der Waals surface area contributed by atoms with Crippen LogP contribution < -0.4 is 0 Å². The van der Waals surface area contributed by atoms with Crippen molar-refractivity contribution in [3.8, 4) is 0 Å². The molecule has 0 rings (SSSR count). The lowest BCUT2D eigenvalue weighted by atomic mass is 9.96. The summed E-state index contributed by atoms with van der Waals surface area (Å²) in [5.74, 6) is 0.838. The maximum Gasteiger partial charge on any atom is 0.305 e. The molecule has 4 heteroatoms. The molecule has 0 spiro atoms. The van der Waals surface area contributed by atoms with Gasteiger partial charge < -0.3 is 9.47 Å². The number of carbonyl (C=O) groups excluding carboxylic acids is 2. The molecule has 0 bridgehead atoms. The second kappa shape index (κ2) is 32.5. The lowest BCUT2D eigenvalue weighted by molar-refractivity contribution is -0.144. The van der Waals surface area contributed by atoms with Gasteiger partial charge in [0.15, 0.2) is 0 Å². The molecule has 0 aliphatic rings. The second-order valence-corrected chi connectivity index (χ2v) is 12.4. The van der Waals surface area contributed by atoms with Gasteiger partial charge in [0.25, 0.3) is 0 Å². The van der Waals surface area contributed by atoms with Crippen LogP contribution >= 0.6 is 0 Å². The van der Waals surface area contributed by atoms with E-state index in [2.05, 4.69) is 20.8 Å². The minimum absolute atomic E-state index is 0.00108. The van der Waals surface area contributed by atoms with Crippen LogP contribution in [0.15, 0.2) is 0 Å². The zero-order valence-corrected chi connectivity index (χ0v) is 27.4. The molecular formula is C36H70O4. The summed E-state index contributed by atoms with van der Waals surface area (Å²) in [7, 11) is 0. The summed E-state index contributed by atoms with van der Waals surface area (Å²) in [5, 5.41) is 0. The molecule has 4 nitrogen and oxygen atoms in total. The maximum absolute atomic E-state index is 11.8. The van der Waals surface area contributed by atoms with E-state index >= 15 is 0 Å². The van der Waals surface area contributed by atoms with Crippen molar-refractivity contribution in [1.82, 2.24) is 0 Å². The highest BCUT2D eigenvalue weighted by Crippen LogP contribution is 2.19. The lowest BCUT2D eigenvalue weighted by Gasteiger charge is -2.11. The summed E-state index contributed by atoms with van der Waals surface area (Å²) in [5.41, 5.74) is 0. The Morgan fingerprint density at radius 1 is 0.425 bits per heavy atom. The number of carbonyl (C=O) groups is 2. The van der Waals surface area contributed by atoms with E-state index in [4.69, 9.17) is 9.47 Å². The van der Waals surface area contributed by atoms with Crippen LogP contribution in [-0.4, -0.2) is 25.2 Å². The van der Waals surface area contributed by atoms with Crippen LogP contribution in [0.4, 0.5) is 0 Å². The van der Waals surface area contributed by atoms with E-state index in [1.54, 1.807) is 0 Å². The molecular weight excluding hydrogens is 496 g/mol. The summed E-state index contributed by atoms with van der Waals surface area (Å²) < 4.78 is 10.7. The third-order valence-corrected chi connectivity index (χ3v) is 8.18. The molecule has 0 fully saturated rings. The van der Waals surface area contributed by atoms with E-state index in [0.29, 0.717) is 26.1 Å². The van der Waals surface area contributed by atoms with Crippen molar-refractivity contribution in [2.45, 2.75) is 201 Å². The van der Waals surface area contributed by atoms with Crippen molar-refractivity contribution >= 4 is 11.9 Å². The predicted molar refractivity (Wildman–Crippen MR) is 172 cm³/mol. The Kier molecular flexibility index (Phi) is 31.6. The fourth-order valence-corrected chi connectivity index (χ4v) is 5.36. The molecule has 40 heavy (non-hydrogen) atoms. The van der Waals surface area contributed by atoms with E-state index in [0.717, 1.165) is 44.4 Å². The average Bonchev–Trinajstić information content (AvgIpc) is 2.94. The van der Waals surface area contributed by atoms with Gasteiger partial charge in [-0.1, -0.05) is 162 Å². The van der Waals surface area contributed by atoms with Crippen molar-refractivity contribution in [2.75, 3.05) is 13.2 Å². The first-order chi connectivity index (χ1) is 19.6. The van der Waals surface area contributed by atoms with Crippen LogP contribution in [-0.2, 0) is 19.1 Å². The van der Waals surface area contributed by atoms with E-state index in [1.165, 1.54) is 128 Å². The van der Waals surface area contributed by atoms with E-state index < -0.39 is 0 Å². The van der Waals surface area contributed by atoms with Crippen molar-refractivity contribution < 1.29 is 19.1 Å². The maximum atomic E-state index is 11.8. The SMILES string of the molecule is CCCCCCCCOC(=O)CCCCCCCCC(C)CCCCCCCCC(=O)OCCCCCCCC. The number of hydrogen-bond acceptors (Lipinski definition) is 4. The Morgan fingerprint density at radius 3 is 1.10 bits per heavy atom. The summed E-state index contributed by atoms with van der Waals surface area (Å²) in [4.78, 5) is 23.6. The van der Waals surface area contributed by atoms with Crippen molar-refractivity contribution in [3.05, 3.63) is 0 Å². The van der Waals surface area contributed by atoms with Gasteiger partial charge in [-0.3, -0.25) is 9.59 Å². The van der Waals surface area contributed by atoms with Gasteiger partial charge in [0.05, 0.1) is 13.2 Å². The molecule has 0 radical (unpaired) electrons. The molecule has 0 atom stereocenters. The highest BCUT2D eigenvalue weighted by molar-refractivity contribution is 5.69. The topological polar surface area (TPSA) is 52.6 Å². The summed E-state index contributed by atoms with van der Waals surface area (Å²) in [6.45, 7) is 8.10. The lowest BCUT2D eigenvalue weighted by Crippen LogP contribution is -2.05. The van der Waals surface area contributed by atoms with Crippen molar-refractivity contribution in [2.24, 2.45) is 5.92 Å². The molecule has 0 N–H and O–H groups in total. The Morgan fingerprint density at radius 2 is 0.725 bits per heavy atom. The third kappa shape index (κ3) is 31.5. The van der Waals surface area contributed by atoms with Gasteiger partial charge >= 0.3 is 11.9 Å². The van der Waals surface area contributed by atoms with Gasteiger partial charge in [-0.25, -0.2) is 0 Å². The predicted octanol–water partition coefficient (Wildman–Crippen LogP) is 11.7. The first-order valence-electron chi connectivity index (χ1n) is 17.9. The molecule has 0 amide bonds. The zero-order chi connectivity index (χ0) is 29.4. The van der Waals surface area contributed by atoms with Gasteiger partial charge in [-0.15, -0.1) is 0 Å². The third-order valence-electron chi connectivity index (χ3n) is 8.18. The molecule has 0 aliphatic heterocycles. The number of unbranched alkanes of at least 4 members (excludes halogenated alkanes) is 20. The Labute approximate surface area is 250 Å². The first-order valence-corrected chi connectivity index (χ1v) is 17.9. The monoisotopic (exact) mass is 567 g/mol. The van der Waals surface area contributed by atoms with Crippen LogP contribution in [0.1, 0.15) is 201 Å². The summed E-state index contributed by atoms with van der Waals surface area (Å²) in [6, 6.07) is 0. The standard InChI is InChI=1S/C36H70O4/c1-4-6-8-10-20-26-32-39-35(37)30-24-18-14-12-16-22-28-34(3)29-23-17-13-15-19-25-31-36(38)40-33-27-21-11-9-7-5-2/h34H,4-33H2,1-3H3. The van der Waals surface area contributed by atoms with Gasteiger partial charge in [-0.2, -0.15) is 0 Å². The zero-order valence-electron chi connectivity index (χ0n) is 27.4. The largest absolute Gasteiger partial charge is 0.466 e. The fourth-order valence-electron chi connectivity index (χ4n) is 5.36. The minimum atomic E-state index is 0.00108. The summed E-state index contributed by atoms with van der Waals surface area (Å²) in [6.07, 6.45) is 33.4. The van der Waals surface area contributed by atoms with Gasteiger partial charge in [0, 0.05) is 12.8 Å². The quantitative estimate of drug-likeness (QED) is 0.0600. The number of ether oxygens (including phenoxy) is 2. The van der Waals surface area contributed by atoms with Crippen LogP contribution in [0.25, 0.3) is 0 Å². The van der Waals surface area contributed by atoms with E-state index in [1.807, 2.05) is 0 Å². The molecule has 0 saturated heterocycles. The Hall–Kier alpha value is -1.06. The van der Waals surface area contributed by atoms with Gasteiger partial charge in [-0.05, 0) is 31.6 Å². The van der Waals surface area contributed by atoms with Crippen LogP contribution in [0.3, 0.4) is 0 Å². The molecule has 0 aromatic rings. The molecule has 0 unspecified atom stereocenters. The molecule has 0 heterocycles. The molecule has 0 aromatic heterocycles.